The highest BCUT2D eigenvalue weighted by Gasteiger charge is 2.37. The van der Waals surface area contributed by atoms with Crippen LogP contribution in [0.1, 0.15) is 27.7 Å². The zero-order valence-electron chi connectivity index (χ0n) is 12.6. The molecule has 1 aliphatic rings. The third kappa shape index (κ3) is 4.62. The lowest BCUT2D eigenvalue weighted by atomic mass is 10.0. The smallest absolute Gasteiger partial charge is 0.166 e. The molecule has 4 nitrogen and oxygen atoms in total. The lowest BCUT2D eigenvalue weighted by Crippen LogP contribution is -2.56. The molecule has 1 heterocycles. The van der Waals surface area contributed by atoms with Crippen LogP contribution in [0.2, 0.25) is 0 Å². The summed E-state index contributed by atoms with van der Waals surface area (Å²) in [4.78, 5) is 2.22. The molecule has 0 radical (unpaired) electrons. The van der Waals surface area contributed by atoms with Crippen LogP contribution in [0.15, 0.2) is 0 Å². The van der Waals surface area contributed by atoms with Gasteiger partial charge in [-0.2, -0.15) is 11.8 Å². The first kappa shape index (κ1) is 17.3. The second-order valence-electron chi connectivity index (χ2n) is 5.34. The van der Waals surface area contributed by atoms with E-state index in [1.807, 2.05) is 0 Å². The summed E-state index contributed by atoms with van der Waals surface area (Å²) in [7, 11) is -3.00. The Morgan fingerprint density at radius 3 is 2.58 bits per heavy atom. The summed E-state index contributed by atoms with van der Waals surface area (Å²) in [6.45, 7) is 10.9. The van der Waals surface area contributed by atoms with E-state index in [0.29, 0.717) is 17.7 Å². The Labute approximate surface area is 122 Å². The monoisotopic (exact) mass is 308 g/mol. The van der Waals surface area contributed by atoms with Gasteiger partial charge in [0, 0.05) is 36.4 Å². The number of thioether (sulfide) groups is 1. The minimum Gasteiger partial charge on any atom is -0.315 e. The first-order valence-corrected chi connectivity index (χ1v) is 10.1. The molecule has 6 heteroatoms. The van der Waals surface area contributed by atoms with Gasteiger partial charge < -0.3 is 5.32 Å². The molecule has 0 amide bonds. The third-order valence-electron chi connectivity index (χ3n) is 3.74. The maximum Gasteiger partial charge on any atom is 0.166 e. The number of likely N-dealkylation sites (N-methyl/N-ethyl adjacent to an activating group) is 1. The first-order chi connectivity index (χ1) is 8.94. The van der Waals surface area contributed by atoms with E-state index in [4.69, 9.17) is 0 Å². The van der Waals surface area contributed by atoms with Crippen molar-refractivity contribution in [2.24, 2.45) is 5.92 Å². The van der Waals surface area contributed by atoms with Crippen LogP contribution in [0.25, 0.3) is 0 Å². The summed E-state index contributed by atoms with van der Waals surface area (Å²) in [5.74, 6) is 2.44. The molecular weight excluding hydrogens is 280 g/mol. The lowest BCUT2D eigenvalue weighted by molar-refractivity contribution is 0.148. The Balaban J connectivity index is 2.90. The van der Waals surface area contributed by atoms with Crippen LogP contribution < -0.4 is 5.32 Å². The lowest BCUT2D eigenvalue weighted by Gasteiger charge is -2.42. The van der Waals surface area contributed by atoms with Crippen molar-refractivity contribution in [1.82, 2.24) is 10.2 Å². The van der Waals surface area contributed by atoms with Crippen LogP contribution in [-0.4, -0.2) is 61.6 Å². The van der Waals surface area contributed by atoms with Gasteiger partial charge in [0.05, 0.1) is 0 Å². The van der Waals surface area contributed by atoms with Crippen molar-refractivity contribution in [3.05, 3.63) is 0 Å². The minimum absolute atomic E-state index is 0.237. The summed E-state index contributed by atoms with van der Waals surface area (Å²) in [6, 6.07) is 0.298. The molecular formula is C13H28N2O2S2. The molecule has 2 atom stereocenters. The Morgan fingerprint density at radius 1 is 1.37 bits per heavy atom. The van der Waals surface area contributed by atoms with Gasteiger partial charge in [0.2, 0.25) is 0 Å². The SMILES string of the molecule is CCNCC(C(C)C)N1CCSCC1S(=O)(=O)CC. The quantitative estimate of drug-likeness (QED) is 0.771. The molecule has 0 aromatic carbocycles. The van der Waals surface area contributed by atoms with Crippen molar-refractivity contribution >= 4 is 21.6 Å². The van der Waals surface area contributed by atoms with Crippen molar-refractivity contribution < 1.29 is 8.42 Å². The fourth-order valence-electron chi connectivity index (χ4n) is 2.50. The van der Waals surface area contributed by atoms with Crippen LogP contribution in [0.5, 0.6) is 0 Å². The second-order valence-corrected chi connectivity index (χ2v) is 8.94. The van der Waals surface area contributed by atoms with E-state index in [1.165, 1.54) is 0 Å². The molecule has 0 bridgehead atoms. The zero-order chi connectivity index (χ0) is 14.5. The summed E-state index contributed by atoms with van der Waals surface area (Å²) in [5.41, 5.74) is 0. The highest BCUT2D eigenvalue weighted by atomic mass is 32.2. The second kappa shape index (κ2) is 7.86. The minimum atomic E-state index is -3.00. The van der Waals surface area contributed by atoms with Crippen LogP contribution in [0.4, 0.5) is 0 Å². The highest BCUT2D eigenvalue weighted by molar-refractivity contribution is 8.01. The first-order valence-electron chi connectivity index (χ1n) is 7.19. The summed E-state index contributed by atoms with van der Waals surface area (Å²) >= 11 is 1.76. The van der Waals surface area contributed by atoms with E-state index in [9.17, 15) is 8.42 Å². The molecule has 114 valence electrons. The van der Waals surface area contributed by atoms with Crippen molar-refractivity contribution in [3.8, 4) is 0 Å². The fraction of sp³-hybridized carbons (Fsp3) is 1.00. The Morgan fingerprint density at radius 2 is 2.05 bits per heavy atom. The number of sulfone groups is 1. The van der Waals surface area contributed by atoms with Gasteiger partial charge in [-0.1, -0.05) is 27.7 Å². The van der Waals surface area contributed by atoms with Gasteiger partial charge in [0.15, 0.2) is 9.84 Å². The van der Waals surface area contributed by atoms with E-state index in [-0.39, 0.29) is 11.1 Å². The van der Waals surface area contributed by atoms with Crippen LogP contribution >= 0.6 is 11.8 Å². The van der Waals surface area contributed by atoms with Crippen LogP contribution in [0, 0.1) is 5.92 Å². The molecule has 1 N–H and O–H groups in total. The van der Waals surface area contributed by atoms with E-state index < -0.39 is 9.84 Å². The highest BCUT2D eigenvalue weighted by Crippen LogP contribution is 2.26. The molecule has 19 heavy (non-hydrogen) atoms. The number of hydrogen-bond acceptors (Lipinski definition) is 5. The van der Waals surface area contributed by atoms with Crippen LogP contribution in [0.3, 0.4) is 0 Å². The van der Waals surface area contributed by atoms with Gasteiger partial charge in [-0.25, -0.2) is 8.42 Å². The molecule has 0 saturated carbocycles. The van der Waals surface area contributed by atoms with Gasteiger partial charge >= 0.3 is 0 Å². The third-order valence-corrected chi connectivity index (χ3v) is 7.05. The van der Waals surface area contributed by atoms with Crippen molar-refractivity contribution in [1.29, 1.82) is 0 Å². The molecule has 0 spiro atoms. The molecule has 0 aliphatic carbocycles. The predicted molar refractivity (Wildman–Crippen MR) is 84.4 cm³/mol. The summed E-state index contributed by atoms with van der Waals surface area (Å²) in [6.07, 6.45) is 0. The van der Waals surface area contributed by atoms with Crippen molar-refractivity contribution in [3.63, 3.8) is 0 Å². The molecule has 1 rings (SSSR count). The maximum absolute atomic E-state index is 12.3. The normalized spacial score (nSPS) is 23.7. The van der Waals surface area contributed by atoms with Gasteiger partial charge in [-0.3, -0.25) is 4.90 Å². The van der Waals surface area contributed by atoms with Gasteiger partial charge in [0.25, 0.3) is 0 Å². The molecule has 0 aromatic heterocycles. The Bertz CT molecular complexity index is 358. The molecule has 1 fully saturated rings. The number of nitrogens with zero attached hydrogens (tertiary/aromatic N) is 1. The van der Waals surface area contributed by atoms with Crippen LogP contribution in [-0.2, 0) is 9.84 Å². The average molecular weight is 309 g/mol. The van der Waals surface area contributed by atoms with E-state index >= 15 is 0 Å². The molecule has 0 aromatic rings. The largest absolute Gasteiger partial charge is 0.315 e. The number of nitrogens with one attached hydrogen (secondary N) is 1. The van der Waals surface area contributed by atoms with E-state index in [0.717, 1.165) is 25.4 Å². The Kier molecular flexibility index (Phi) is 7.14. The zero-order valence-corrected chi connectivity index (χ0v) is 14.2. The number of hydrogen-bond donors (Lipinski definition) is 1. The molecule has 2 unspecified atom stereocenters. The summed E-state index contributed by atoms with van der Waals surface area (Å²) < 4.78 is 24.6. The van der Waals surface area contributed by atoms with Crippen molar-refractivity contribution in [2.75, 3.05) is 36.9 Å². The number of rotatable bonds is 7. The van der Waals surface area contributed by atoms with E-state index in [1.54, 1.807) is 18.7 Å². The fourth-order valence-corrected chi connectivity index (χ4v) is 5.58. The molecule has 1 saturated heterocycles. The van der Waals surface area contributed by atoms with E-state index in [2.05, 4.69) is 31.0 Å². The maximum atomic E-state index is 12.3. The topological polar surface area (TPSA) is 49.4 Å². The van der Waals surface area contributed by atoms with Crippen molar-refractivity contribution in [2.45, 2.75) is 39.1 Å². The Hall–Kier alpha value is 0.220. The standard InChI is InChI=1S/C13H28N2O2S2/c1-5-14-9-12(11(3)4)15-7-8-18-10-13(15)19(16,17)6-2/h11-14H,5-10H2,1-4H3. The average Bonchev–Trinajstić information content (AvgIpc) is 2.39. The molecule has 1 aliphatic heterocycles. The van der Waals surface area contributed by atoms with Gasteiger partial charge in [-0.05, 0) is 12.5 Å². The predicted octanol–water partition coefficient (Wildman–Crippen LogP) is 1.43. The summed E-state index contributed by atoms with van der Waals surface area (Å²) in [5, 5.41) is 3.07. The van der Waals surface area contributed by atoms with Gasteiger partial charge in [0.1, 0.15) is 5.37 Å². The van der Waals surface area contributed by atoms with Gasteiger partial charge in [-0.15, -0.1) is 0 Å².